The Balaban J connectivity index is 2.36. The molecular weight excluding hydrogens is 214 g/mol. The Hall–Kier alpha value is -1.35. The number of hydrogen-bond acceptors (Lipinski definition) is 2. The van der Waals surface area contributed by atoms with Crippen LogP contribution in [-0.4, -0.2) is 24.2 Å². The van der Waals surface area contributed by atoms with Crippen LogP contribution in [0.4, 0.5) is 0 Å². The maximum Gasteiger partial charge on any atom is 0.224 e. The van der Waals surface area contributed by atoms with Crippen molar-refractivity contribution in [3.05, 3.63) is 35.9 Å². The summed E-state index contributed by atoms with van der Waals surface area (Å²) >= 11 is 0. The Morgan fingerprint density at radius 1 is 1.29 bits per heavy atom. The third-order valence-corrected chi connectivity index (χ3v) is 2.76. The van der Waals surface area contributed by atoms with Crippen molar-refractivity contribution in [2.75, 3.05) is 13.2 Å². The second-order valence-corrected chi connectivity index (χ2v) is 5.08. The van der Waals surface area contributed by atoms with Crippen LogP contribution in [0.15, 0.2) is 30.3 Å². The van der Waals surface area contributed by atoms with E-state index in [-0.39, 0.29) is 17.9 Å². The second-order valence-electron chi connectivity index (χ2n) is 5.08. The van der Waals surface area contributed by atoms with Gasteiger partial charge in [-0.15, -0.1) is 0 Å². The van der Waals surface area contributed by atoms with Gasteiger partial charge in [0.05, 0.1) is 6.42 Å². The molecule has 0 saturated heterocycles. The highest BCUT2D eigenvalue weighted by atomic mass is 16.3. The van der Waals surface area contributed by atoms with Crippen LogP contribution in [-0.2, 0) is 11.2 Å². The summed E-state index contributed by atoms with van der Waals surface area (Å²) in [6.45, 7) is 4.82. The summed E-state index contributed by atoms with van der Waals surface area (Å²) in [5, 5.41) is 11.8. The minimum absolute atomic E-state index is 0.0298. The Morgan fingerprint density at radius 2 is 1.94 bits per heavy atom. The molecule has 0 fully saturated rings. The van der Waals surface area contributed by atoms with Gasteiger partial charge in [0.15, 0.2) is 0 Å². The Labute approximate surface area is 103 Å². The molecule has 0 spiro atoms. The van der Waals surface area contributed by atoms with E-state index in [0.717, 1.165) is 5.56 Å². The van der Waals surface area contributed by atoms with Crippen LogP contribution in [0.3, 0.4) is 0 Å². The first kappa shape index (κ1) is 13.7. The Bertz CT molecular complexity index is 346. The number of rotatable bonds is 6. The van der Waals surface area contributed by atoms with Crippen molar-refractivity contribution in [1.82, 2.24) is 5.32 Å². The van der Waals surface area contributed by atoms with Crippen LogP contribution in [0.2, 0.25) is 0 Å². The van der Waals surface area contributed by atoms with Crippen LogP contribution in [0, 0.1) is 5.41 Å². The third kappa shape index (κ3) is 5.50. The van der Waals surface area contributed by atoms with Crippen LogP contribution in [0.5, 0.6) is 0 Å². The Kier molecular flexibility index (Phi) is 5.16. The lowest BCUT2D eigenvalue weighted by atomic mass is 9.89. The van der Waals surface area contributed by atoms with Gasteiger partial charge in [-0.3, -0.25) is 4.79 Å². The van der Waals surface area contributed by atoms with Crippen LogP contribution in [0.25, 0.3) is 0 Å². The fourth-order valence-electron chi connectivity index (χ4n) is 1.57. The maximum atomic E-state index is 11.7. The molecule has 0 bridgehead atoms. The van der Waals surface area contributed by atoms with E-state index >= 15 is 0 Å². The van der Waals surface area contributed by atoms with E-state index in [2.05, 4.69) is 5.32 Å². The molecule has 94 valence electrons. The standard InChI is InChI=1S/C14H21NO2/c1-14(2,8-9-16)11-15-13(17)10-12-6-4-3-5-7-12/h3-7,16H,8-11H2,1-2H3,(H,15,17). The quantitative estimate of drug-likeness (QED) is 0.789. The fraction of sp³-hybridized carbons (Fsp3) is 0.500. The molecule has 3 nitrogen and oxygen atoms in total. The summed E-state index contributed by atoms with van der Waals surface area (Å²) in [5.41, 5.74) is 0.964. The first-order chi connectivity index (χ1) is 8.03. The summed E-state index contributed by atoms with van der Waals surface area (Å²) in [6.07, 6.45) is 1.11. The van der Waals surface area contributed by atoms with Gasteiger partial charge in [0.2, 0.25) is 5.91 Å². The summed E-state index contributed by atoms with van der Waals surface area (Å²) in [4.78, 5) is 11.7. The van der Waals surface area contributed by atoms with E-state index in [1.54, 1.807) is 0 Å². The minimum Gasteiger partial charge on any atom is -0.396 e. The normalized spacial score (nSPS) is 11.2. The molecule has 0 radical (unpaired) electrons. The van der Waals surface area contributed by atoms with Gasteiger partial charge in [-0.25, -0.2) is 0 Å². The highest BCUT2D eigenvalue weighted by molar-refractivity contribution is 5.78. The summed E-state index contributed by atoms with van der Waals surface area (Å²) < 4.78 is 0. The SMILES string of the molecule is CC(C)(CCO)CNC(=O)Cc1ccccc1. The largest absolute Gasteiger partial charge is 0.396 e. The van der Waals surface area contributed by atoms with Crippen molar-refractivity contribution in [1.29, 1.82) is 0 Å². The molecule has 0 aliphatic heterocycles. The van der Waals surface area contributed by atoms with Gasteiger partial charge < -0.3 is 10.4 Å². The topological polar surface area (TPSA) is 49.3 Å². The lowest BCUT2D eigenvalue weighted by molar-refractivity contribution is -0.120. The molecule has 1 aromatic rings. The van der Waals surface area contributed by atoms with Crippen molar-refractivity contribution < 1.29 is 9.90 Å². The zero-order valence-corrected chi connectivity index (χ0v) is 10.6. The molecule has 0 aromatic heterocycles. The molecule has 0 aliphatic rings. The monoisotopic (exact) mass is 235 g/mol. The van der Waals surface area contributed by atoms with Crippen LogP contribution >= 0.6 is 0 Å². The lowest BCUT2D eigenvalue weighted by Gasteiger charge is -2.23. The highest BCUT2D eigenvalue weighted by Gasteiger charge is 2.17. The molecular formula is C14H21NO2. The number of aliphatic hydroxyl groups is 1. The van der Waals surface area contributed by atoms with Gasteiger partial charge in [0, 0.05) is 13.2 Å². The van der Waals surface area contributed by atoms with E-state index in [1.807, 2.05) is 44.2 Å². The number of carbonyl (C=O) groups excluding carboxylic acids is 1. The average Bonchev–Trinajstić information content (AvgIpc) is 2.28. The molecule has 0 saturated carbocycles. The van der Waals surface area contributed by atoms with Crippen molar-refractivity contribution in [2.24, 2.45) is 5.41 Å². The van der Waals surface area contributed by atoms with Gasteiger partial charge in [0.25, 0.3) is 0 Å². The van der Waals surface area contributed by atoms with E-state index in [0.29, 0.717) is 19.4 Å². The summed E-state index contributed by atoms with van der Waals surface area (Å²) in [6, 6.07) is 9.68. The molecule has 0 unspecified atom stereocenters. The molecule has 1 rings (SSSR count). The molecule has 1 amide bonds. The third-order valence-electron chi connectivity index (χ3n) is 2.76. The predicted octanol–water partition coefficient (Wildman–Crippen LogP) is 1.75. The smallest absolute Gasteiger partial charge is 0.224 e. The number of aliphatic hydroxyl groups excluding tert-OH is 1. The zero-order valence-electron chi connectivity index (χ0n) is 10.6. The van der Waals surface area contributed by atoms with E-state index < -0.39 is 0 Å². The van der Waals surface area contributed by atoms with E-state index in [4.69, 9.17) is 5.11 Å². The lowest BCUT2D eigenvalue weighted by Crippen LogP contribution is -2.35. The van der Waals surface area contributed by atoms with E-state index in [1.165, 1.54) is 0 Å². The van der Waals surface area contributed by atoms with Gasteiger partial charge in [0.1, 0.15) is 0 Å². The molecule has 0 heterocycles. The van der Waals surface area contributed by atoms with Gasteiger partial charge >= 0.3 is 0 Å². The number of benzene rings is 1. The zero-order chi connectivity index (χ0) is 12.7. The molecule has 0 atom stereocenters. The Morgan fingerprint density at radius 3 is 2.53 bits per heavy atom. The van der Waals surface area contributed by atoms with Crippen molar-refractivity contribution >= 4 is 5.91 Å². The first-order valence-corrected chi connectivity index (χ1v) is 5.95. The maximum absolute atomic E-state index is 11.7. The number of amides is 1. The number of hydrogen-bond donors (Lipinski definition) is 2. The minimum atomic E-state index is -0.0545. The van der Waals surface area contributed by atoms with Gasteiger partial charge in [-0.1, -0.05) is 44.2 Å². The molecule has 1 aromatic carbocycles. The molecule has 17 heavy (non-hydrogen) atoms. The van der Waals surface area contributed by atoms with Crippen molar-refractivity contribution in [3.8, 4) is 0 Å². The number of carbonyl (C=O) groups is 1. The molecule has 3 heteroatoms. The summed E-state index contributed by atoms with van der Waals surface area (Å²) in [7, 11) is 0. The predicted molar refractivity (Wildman–Crippen MR) is 68.6 cm³/mol. The fourth-order valence-corrected chi connectivity index (χ4v) is 1.57. The van der Waals surface area contributed by atoms with Gasteiger partial charge in [-0.2, -0.15) is 0 Å². The first-order valence-electron chi connectivity index (χ1n) is 5.95. The highest BCUT2D eigenvalue weighted by Crippen LogP contribution is 2.17. The van der Waals surface area contributed by atoms with Crippen LogP contribution in [0.1, 0.15) is 25.8 Å². The second kappa shape index (κ2) is 6.40. The van der Waals surface area contributed by atoms with Gasteiger partial charge in [-0.05, 0) is 17.4 Å². The summed E-state index contributed by atoms with van der Waals surface area (Å²) in [5.74, 6) is 0.0298. The number of nitrogens with one attached hydrogen (secondary N) is 1. The molecule has 0 aliphatic carbocycles. The molecule has 2 N–H and O–H groups in total. The average molecular weight is 235 g/mol. The van der Waals surface area contributed by atoms with E-state index in [9.17, 15) is 4.79 Å². The van der Waals surface area contributed by atoms with Crippen molar-refractivity contribution in [2.45, 2.75) is 26.7 Å². The van der Waals surface area contributed by atoms with Crippen molar-refractivity contribution in [3.63, 3.8) is 0 Å². The van der Waals surface area contributed by atoms with Crippen LogP contribution < -0.4 is 5.32 Å².